The summed E-state index contributed by atoms with van der Waals surface area (Å²) in [5.41, 5.74) is -2.93. The second-order valence-corrected chi connectivity index (χ2v) is 6.38. The van der Waals surface area contributed by atoms with Gasteiger partial charge >= 0.3 is 6.18 Å². The number of aromatic nitrogens is 1. The Kier molecular flexibility index (Phi) is 4.69. The first-order valence-corrected chi connectivity index (χ1v) is 8.11. The van der Waals surface area contributed by atoms with E-state index >= 15 is 4.39 Å². The summed E-state index contributed by atoms with van der Waals surface area (Å²) in [7, 11) is 0. The van der Waals surface area contributed by atoms with Crippen molar-refractivity contribution in [1.29, 1.82) is 0 Å². The predicted molar refractivity (Wildman–Crippen MR) is 87.2 cm³/mol. The number of oxazole rings is 1. The standard InChI is InChI=1S/C18H13ClF5NO/c1-2-17(21,16-25-14-8-11(19)4-6-15(14)26-16)9-10-3-5-13(20)12(7-10)18(22,23)24/h3-8H,2,9H2,1H3. The maximum atomic E-state index is 15.4. The van der Waals surface area contributed by atoms with Gasteiger partial charge in [0.15, 0.2) is 11.3 Å². The molecule has 0 fully saturated rings. The molecule has 138 valence electrons. The van der Waals surface area contributed by atoms with E-state index in [0.717, 1.165) is 6.07 Å². The first-order chi connectivity index (χ1) is 12.1. The van der Waals surface area contributed by atoms with Crippen molar-refractivity contribution in [3.05, 3.63) is 64.3 Å². The molecule has 1 aromatic heterocycles. The normalized spacial score (nSPS) is 14.6. The van der Waals surface area contributed by atoms with E-state index in [0.29, 0.717) is 28.3 Å². The van der Waals surface area contributed by atoms with Crippen LogP contribution in [0.5, 0.6) is 0 Å². The quantitative estimate of drug-likeness (QED) is 0.479. The fourth-order valence-electron chi connectivity index (χ4n) is 2.67. The van der Waals surface area contributed by atoms with Crippen LogP contribution >= 0.6 is 11.6 Å². The zero-order chi connectivity index (χ0) is 19.1. The van der Waals surface area contributed by atoms with Gasteiger partial charge < -0.3 is 4.42 Å². The maximum absolute atomic E-state index is 15.4. The molecule has 0 aliphatic carbocycles. The van der Waals surface area contributed by atoms with Gasteiger partial charge in [-0.05, 0) is 42.3 Å². The van der Waals surface area contributed by atoms with Gasteiger partial charge in [-0.25, -0.2) is 13.8 Å². The lowest BCUT2D eigenvalue weighted by Gasteiger charge is -2.21. The largest absolute Gasteiger partial charge is 0.437 e. The molecule has 2 aromatic carbocycles. The Hall–Kier alpha value is -2.15. The lowest BCUT2D eigenvalue weighted by atomic mass is 9.92. The van der Waals surface area contributed by atoms with Gasteiger partial charge in [0.2, 0.25) is 5.89 Å². The van der Waals surface area contributed by atoms with Gasteiger partial charge in [0, 0.05) is 11.4 Å². The first-order valence-electron chi connectivity index (χ1n) is 7.73. The summed E-state index contributed by atoms with van der Waals surface area (Å²) in [5, 5.41) is 0.395. The minimum Gasteiger partial charge on any atom is -0.437 e. The van der Waals surface area contributed by atoms with E-state index in [1.165, 1.54) is 19.1 Å². The van der Waals surface area contributed by atoms with Gasteiger partial charge in [0.1, 0.15) is 11.3 Å². The number of alkyl halides is 4. The molecule has 0 saturated carbocycles. The Labute approximate surface area is 150 Å². The molecule has 0 spiro atoms. The van der Waals surface area contributed by atoms with Gasteiger partial charge in [0.25, 0.3) is 0 Å². The highest BCUT2D eigenvalue weighted by atomic mass is 35.5. The van der Waals surface area contributed by atoms with Crippen LogP contribution in [0, 0.1) is 5.82 Å². The minimum absolute atomic E-state index is 0.0108. The van der Waals surface area contributed by atoms with Gasteiger partial charge in [0.05, 0.1) is 5.56 Å². The molecular formula is C18H13ClF5NO. The van der Waals surface area contributed by atoms with Crippen LogP contribution in [-0.4, -0.2) is 4.98 Å². The summed E-state index contributed by atoms with van der Waals surface area (Å²) in [6.45, 7) is 1.52. The third-order valence-electron chi connectivity index (χ3n) is 4.11. The molecule has 0 aliphatic heterocycles. The molecule has 1 unspecified atom stereocenters. The predicted octanol–water partition coefficient (Wildman–Crippen LogP) is 6.46. The van der Waals surface area contributed by atoms with E-state index in [-0.39, 0.29) is 17.9 Å². The summed E-state index contributed by atoms with van der Waals surface area (Å²) >= 11 is 5.86. The number of hydrogen-bond acceptors (Lipinski definition) is 2. The van der Waals surface area contributed by atoms with Crippen molar-refractivity contribution in [2.45, 2.75) is 31.6 Å². The molecule has 0 bridgehead atoms. The molecule has 0 aliphatic rings. The molecule has 26 heavy (non-hydrogen) atoms. The fraction of sp³-hybridized carbons (Fsp3) is 0.278. The third kappa shape index (κ3) is 3.53. The molecule has 1 atom stereocenters. The van der Waals surface area contributed by atoms with Gasteiger partial charge in [-0.3, -0.25) is 0 Å². The Morgan fingerprint density at radius 1 is 1.08 bits per heavy atom. The Bertz CT molecular complexity index is 952. The highest BCUT2D eigenvalue weighted by Crippen LogP contribution is 2.37. The van der Waals surface area contributed by atoms with Gasteiger partial charge in [-0.2, -0.15) is 13.2 Å². The number of nitrogens with zero attached hydrogens (tertiary/aromatic N) is 1. The zero-order valence-electron chi connectivity index (χ0n) is 13.5. The highest BCUT2D eigenvalue weighted by molar-refractivity contribution is 6.31. The minimum atomic E-state index is -4.86. The van der Waals surface area contributed by atoms with Gasteiger partial charge in [-0.1, -0.05) is 24.6 Å². The van der Waals surface area contributed by atoms with E-state index in [1.807, 2.05) is 0 Å². The number of rotatable bonds is 4. The lowest BCUT2D eigenvalue weighted by Crippen LogP contribution is -2.23. The molecule has 0 radical (unpaired) electrons. The van der Waals surface area contributed by atoms with Crippen LogP contribution < -0.4 is 0 Å². The molecule has 1 heterocycles. The number of hydrogen-bond donors (Lipinski definition) is 0. The van der Waals surface area contributed by atoms with E-state index in [1.54, 1.807) is 6.07 Å². The van der Waals surface area contributed by atoms with E-state index in [9.17, 15) is 17.6 Å². The van der Waals surface area contributed by atoms with Crippen LogP contribution in [-0.2, 0) is 18.3 Å². The zero-order valence-corrected chi connectivity index (χ0v) is 14.3. The smallest absolute Gasteiger partial charge is 0.419 e. The summed E-state index contributed by atoms with van der Waals surface area (Å²) in [6.07, 6.45) is -5.39. The molecule has 0 amide bonds. The molecule has 3 aromatic rings. The highest BCUT2D eigenvalue weighted by Gasteiger charge is 2.38. The van der Waals surface area contributed by atoms with Crippen LogP contribution in [0.4, 0.5) is 22.0 Å². The van der Waals surface area contributed by atoms with E-state index in [4.69, 9.17) is 16.0 Å². The Morgan fingerprint density at radius 3 is 2.46 bits per heavy atom. The van der Waals surface area contributed by atoms with Crippen LogP contribution in [0.15, 0.2) is 40.8 Å². The summed E-state index contributed by atoms with van der Waals surface area (Å²) in [4.78, 5) is 4.08. The van der Waals surface area contributed by atoms with E-state index in [2.05, 4.69) is 4.98 Å². The van der Waals surface area contributed by atoms with Crippen LogP contribution in [0.2, 0.25) is 5.02 Å². The van der Waals surface area contributed by atoms with Crippen molar-refractivity contribution in [2.75, 3.05) is 0 Å². The SMILES string of the molecule is CCC(F)(Cc1ccc(F)c(C(F)(F)F)c1)c1nc2cc(Cl)ccc2o1. The summed E-state index contributed by atoms with van der Waals surface area (Å²) < 4.78 is 72.9. The van der Waals surface area contributed by atoms with Crippen molar-refractivity contribution in [2.24, 2.45) is 0 Å². The average Bonchev–Trinajstić information content (AvgIpc) is 2.99. The number of halogens is 6. The van der Waals surface area contributed by atoms with E-state index < -0.39 is 29.6 Å². The number of fused-ring (bicyclic) bond motifs is 1. The molecule has 8 heteroatoms. The topological polar surface area (TPSA) is 26.0 Å². The van der Waals surface area contributed by atoms with Crippen molar-refractivity contribution in [3.63, 3.8) is 0 Å². The average molecular weight is 390 g/mol. The van der Waals surface area contributed by atoms with Crippen molar-refractivity contribution < 1.29 is 26.4 Å². The summed E-state index contributed by atoms with van der Waals surface area (Å²) in [5.74, 6) is -1.66. The molecule has 0 N–H and O–H groups in total. The van der Waals surface area contributed by atoms with Crippen molar-refractivity contribution in [1.82, 2.24) is 4.98 Å². The third-order valence-corrected chi connectivity index (χ3v) is 4.35. The van der Waals surface area contributed by atoms with Crippen LogP contribution in [0.3, 0.4) is 0 Å². The van der Waals surface area contributed by atoms with Crippen LogP contribution in [0.1, 0.15) is 30.4 Å². The Balaban J connectivity index is 1.99. The second-order valence-electron chi connectivity index (χ2n) is 5.94. The first kappa shape index (κ1) is 18.6. The molecule has 2 nitrogen and oxygen atoms in total. The summed E-state index contributed by atoms with van der Waals surface area (Å²) in [6, 6.07) is 7.00. The fourth-order valence-corrected chi connectivity index (χ4v) is 2.83. The monoisotopic (exact) mass is 389 g/mol. The van der Waals surface area contributed by atoms with Gasteiger partial charge in [-0.15, -0.1) is 0 Å². The second kappa shape index (κ2) is 6.54. The molecular weight excluding hydrogens is 377 g/mol. The van der Waals surface area contributed by atoms with Crippen molar-refractivity contribution >= 4 is 22.7 Å². The molecule has 0 saturated heterocycles. The lowest BCUT2D eigenvalue weighted by molar-refractivity contribution is -0.140. The van der Waals surface area contributed by atoms with Crippen LogP contribution in [0.25, 0.3) is 11.1 Å². The molecule has 3 rings (SSSR count). The Morgan fingerprint density at radius 2 is 1.81 bits per heavy atom. The maximum Gasteiger partial charge on any atom is 0.419 e. The number of benzene rings is 2. The van der Waals surface area contributed by atoms with Crippen molar-refractivity contribution in [3.8, 4) is 0 Å².